The minimum atomic E-state index is -1.01. The summed E-state index contributed by atoms with van der Waals surface area (Å²) >= 11 is 0. The Kier molecular flexibility index (Phi) is 4.71. The predicted molar refractivity (Wildman–Crippen MR) is 52.4 cm³/mol. The summed E-state index contributed by atoms with van der Waals surface area (Å²) in [5.41, 5.74) is 0. The molecule has 0 amide bonds. The minimum Gasteiger partial charge on any atom is -0.390 e. The number of hydrogen-bond acceptors (Lipinski definition) is 1. The monoisotopic (exact) mass is 188 g/mol. The molecule has 2 heteroatoms. The zero-order valence-corrected chi connectivity index (χ0v) is 8.51. The van der Waals surface area contributed by atoms with Gasteiger partial charge in [0.25, 0.3) is 0 Å². The van der Waals surface area contributed by atoms with Crippen LogP contribution in [0.25, 0.3) is 0 Å². The molecule has 0 radical (unpaired) electrons. The molecule has 0 bridgehead atoms. The highest BCUT2D eigenvalue weighted by atomic mass is 19.1. The van der Waals surface area contributed by atoms with E-state index >= 15 is 0 Å². The third-order valence-corrected chi connectivity index (χ3v) is 3.06. The Balaban J connectivity index is 2.25. The first-order chi connectivity index (χ1) is 6.20. The molecular weight excluding hydrogens is 167 g/mol. The van der Waals surface area contributed by atoms with Gasteiger partial charge in [0.05, 0.1) is 6.10 Å². The van der Waals surface area contributed by atoms with Gasteiger partial charge in [-0.05, 0) is 19.3 Å². The van der Waals surface area contributed by atoms with E-state index in [2.05, 4.69) is 0 Å². The highest BCUT2D eigenvalue weighted by molar-refractivity contribution is 4.71. The Morgan fingerprint density at radius 3 is 2.23 bits per heavy atom. The van der Waals surface area contributed by atoms with E-state index < -0.39 is 12.3 Å². The molecule has 0 aromatic carbocycles. The van der Waals surface area contributed by atoms with Crippen LogP contribution in [0.3, 0.4) is 0 Å². The van der Waals surface area contributed by atoms with Crippen molar-refractivity contribution in [3.8, 4) is 0 Å². The molecule has 1 aliphatic rings. The summed E-state index contributed by atoms with van der Waals surface area (Å²) in [7, 11) is 0. The van der Waals surface area contributed by atoms with Crippen LogP contribution in [0.5, 0.6) is 0 Å². The molecule has 0 aromatic rings. The molecule has 0 aromatic heterocycles. The Morgan fingerprint density at radius 2 is 1.77 bits per heavy atom. The lowest BCUT2D eigenvalue weighted by atomic mass is 9.93. The van der Waals surface area contributed by atoms with Crippen molar-refractivity contribution >= 4 is 0 Å². The van der Waals surface area contributed by atoms with Gasteiger partial charge < -0.3 is 5.11 Å². The molecule has 1 N–H and O–H groups in total. The van der Waals surface area contributed by atoms with Crippen LogP contribution < -0.4 is 0 Å². The zero-order valence-electron chi connectivity index (χ0n) is 8.51. The highest BCUT2D eigenvalue weighted by Crippen LogP contribution is 2.27. The summed E-state index contributed by atoms with van der Waals surface area (Å²) in [5.74, 6) is 0.520. The standard InChI is InChI=1S/C11H21FO/c1-9(13)11(12)8-10-6-4-2-3-5-7-10/h9-11,13H,2-8H2,1H3. The molecule has 0 spiro atoms. The van der Waals surface area contributed by atoms with Gasteiger partial charge in [-0.3, -0.25) is 0 Å². The van der Waals surface area contributed by atoms with Crippen LogP contribution in [-0.4, -0.2) is 17.4 Å². The molecule has 78 valence electrons. The molecule has 1 aliphatic carbocycles. The van der Waals surface area contributed by atoms with E-state index in [0.29, 0.717) is 12.3 Å². The average molecular weight is 188 g/mol. The Hall–Kier alpha value is -0.110. The first-order valence-corrected chi connectivity index (χ1v) is 5.52. The van der Waals surface area contributed by atoms with E-state index in [1.807, 2.05) is 0 Å². The molecule has 0 heterocycles. The molecule has 1 nitrogen and oxygen atoms in total. The molecule has 1 rings (SSSR count). The van der Waals surface area contributed by atoms with Crippen molar-refractivity contribution in [2.24, 2.45) is 5.92 Å². The number of aliphatic hydroxyl groups is 1. The first kappa shape index (κ1) is 11.0. The summed E-state index contributed by atoms with van der Waals surface area (Å²) in [6.45, 7) is 1.54. The van der Waals surface area contributed by atoms with Gasteiger partial charge in [0.15, 0.2) is 0 Å². The summed E-state index contributed by atoms with van der Waals surface area (Å²) in [6.07, 6.45) is 6.20. The fourth-order valence-corrected chi connectivity index (χ4v) is 2.11. The van der Waals surface area contributed by atoms with Crippen molar-refractivity contribution < 1.29 is 9.50 Å². The zero-order chi connectivity index (χ0) is 9.68. The van der Waals surface area contributed by atoms with Crippen molar-refractivity contribution in [2.75, 3.05) is 0 Å². The van der Waals surface area contributed by atoms with Gasteiger partial charge >= 0.3 is 0 Å². The lowest BCUT2D eigenvalue weighted by molar-refractivity contribution is 0.0745. The maximum absolute atomic E-state index is 13.2. The van der Waals surface area contributed by atoms with E-state index in [9.17, 15) is 4.39 Å². The molecule has 0 saturated heterocycles. The normalized spacial score (nSPS) is 25.2. The van der Waals surface area contributed by atoms with Gasteiger partial charge in [-0.25, -0.2) is 4.39 Å². The van der Waals surface area contributed by atoms with Gasteiger partial charge in [0.2, 0.25) is 0 Å². The first-order valence-electron chi connectivity index (χ1n) is 5.52. The molecule has 2 unspecified atom stereocenters. The van der Waals surface area contributed by atoms with E-state index in [1.54, 1.807) is 6.92 Å². The highest BCUT2D eigenvalue weighted by Gasteiger charge is 2.20. The predicted octanol–water partition coefficient (Wildman–Crippen LogP) is 3.07. The number of hydrogen-bond donors (Lipinski definition) is 1. The van der Waals surface area contributed by atoms with Crippen molar-refractivity contribution in [2.45, 2.75) is 64.1 Å². The second-order valence-electron chi connectivity index (χ2n) is 4.35. The largest absolute Gasteiger partial charge is 0.390 e. The number of alkyl halides is 1. The van der Waals surface area contributed by atoms with Crippen molar-refractivity contribution in [3.05, 3.63) is 0 Å². The van der Waals surface area contributed by atoms with Crippen LogP contribution in [-0.2, 0) is 0 Å². The quantitative estimate of drug-likeness (QED) is 0.675. The van der Waals surface area contributed by atoms with Gasteiger partial charge in [-0.1, -0.05) is 38.5 Å². The topological polar surface area (TPSA) is 20.2 Å². The second kappa shape index (κ2) is 5.58. The van der Waals surface area contributed by atoms with Crippen molar-refractivity contribution in [1.29, 1.82) is 0 Å². The smallest absolute Gasteiger partial charge is 0.126 e. The molecule has 0 aliphatic heterocycles. The number of rotatable bonds is 3. The summed E-state index contributed by atoms with van der Waals surface area (Å²) in [6, 6.07) is 0. The fraction of sp³-hybridized carbons (Fsp3) is 1.00. The van der Waals surface area contributed by atoms with Gasteiger partial charge in [-0.2, -0.15) is 0 Å². The molecular formula is C11H21FO. The van der Waals surface area contributed by atoms with E-state index in [0.717, 1.165) is 12.8 Å². The SMILES string of the molecule is CC(O)C(F)CC1CCCCCC1. The Labute approximate surface area is 80.3 Å². The summed E-state index contributed by atoms with van der Waals surface area (Å²) in [5, 5.41) is 9.05. The maximum atomic E-state index is 13.2. The van der Waals surface area contributed by atoms with Gasteiger partial charge in [0, 0.05) is 0 Å². The lowest BCUT2D eigenvalue weighted by Gasteiger charge is -2.18. The average Bonchev–Trinajstić information content (AvgIpc) is 2.32. The third-order valence-electron chi connectivity index (χ3n) is 3.06. The van der Waals surface area contributed by atoms with Gasteiger partial charge in [-0.15, -0.1) is 0 Å². The summed E-state index contributed by atoms with van der Waals surface area (Å²) < 4.78 is 13.2. The third kappa shape index (κ3) is 4.08. The fourth-order valence-electron chi connectivity index (χ4n) is 2.11. The molecule has 1 saturated carbocycles. The van der Waals surface area contributed by atoms with E-state index in [1.165, 1.54) is 25.7 Å². The molecule has 1 fully saturated rings. The molecule has 2 atom stereocenters. The second-order valence-corrected chi connectivity index (χ2v) is 4.35. The minimum absolute atomic E-state index is 0.520. The molecule has 13 heavy (non-hydrogen) atoms. The van der Waals surface area contributed by atoms with Crippen LogP contribution in [0.15, 0.2) is 0 Å². The van der Waals surface area contributed by atoms with Crippen LogP contribution >= 0.6 is 0 Å². The van der Waals surface area contributed by atoms with Crippen LogP contribution in [0.2, 0.25) is 0 Å². The van der Waals surface area contributed by atoms with Crippen molar-refractivity contribution in [1.82, 2.24) is 0 Å². The Bertz CT molecular complexity index is 128. The number of halogens is 1. The lowest BCUT2D eigenvalue weighted by Crippen LogP contribution is -2.21. The van der Waals surface area contributed by atoms with E-state index in [4.69, 9.17) is 5.11 Å². The van der Waals surface area contributed by atoms with Crippen LogP contribution in [0.4, 0.5) is 4.39 Å². The number of aliphatic hydroxyl groups excluding tert-OH is 1. The van der Waals surface area contributed by atoms with Crippen LogP contribution in [0.1, 0.15) is 51.9 Å². The maximum Gasteiger partial charge on any atom is 0.126 e. The Morgan fingerprint density at radius 1 is 1.23 bits per heavy atom. The van der Waals surface area contributed by atoms with Crippen molar-refractivity contribution in [3.63, 3.8) is 0 Å². The summed E-state index contributed by atoms with van der Waals surface area (Å²) in [4.78, 5) is 0. The van der Waals surface area contributed by atoms with Gasteiger partial charge in [0.1, 0.15) is 6.17 Å². The van der Waals surface area contributed by atoms with Crippen LogP contribution in [0, 0.1) is 5.92 Å². The van der Waals surface area contributed by atoms with E-state index in [-0.39, 0.29) is 0 Å².